The minimum absolute atomic E-state index is 0.131. The molecule has 2 aromatic rings. The molecule has 1 heterocycles. The predicted molar refractivity (Wildman–Crippen MR) is 82.3 cm³/mol. The summed E-state index contributed by atoms with van der Waals surface area (Å²) in [4.78, 5) is 4.35. The van der Waals surface area contributed by atoms with Crippen LogP contribution in [0.5, 0.6) is 0 Å². The Kier molecular flexibility index (Phi) is 5.32. The molecule has 0 aliphatic rings. The number of nitrogens with zero attached hydrogens (tertiary/aromatic N) is 2. The second-order valence-corrected chi connectivity index (χ2v) is 6.91. The molecule has 1 aromatic heterocycles. The van der Waals surface area contributed by atoms with Gasteiger partial charge in [-0.2, -0.15) is 0 Å². The molecule has 0 saturated heterocycles. The van der Waals surface area contributed by atoms with E-state index in [2.05, 4.69) is 4.98 Å². The number of aryl methyl sites for hydroxylation is 1. The average molecular weight is 335 g/mol. The lowest BCUT2D eigenvalue weighted by Gasteiger charge is -2.17. The van der Waals surface area contributed by atoms with Crippen LogP contribution < -0.4 is 0 Å². The summed E-state index contributed by atoms with van der Waals surface area (Å²) >= 11 is 5.77. The zero-order chi connectivity index (χ0) is 15.6. The number of rotatable bonds is 6. The van der Waals surface area contributed by atoms with E-state index >= 15 is 0 Å². The van der Waals surface area contributed by atoms with Gasteiger partial charge < -0.3 is 4.57 Å². The van der Waals surface area contributed by atoms with E-state index in [1.807, 2.05) is 6.92 Å². The van der Waals surface area contributed by atoms with Crippen LogP contribution in [0.3, 0.4) is 0 Å². The maximum absolute atomic E-state index is 14.1. The van der Waals surface area contributed by atoms with Gasteiger partial charge in [-0.3, -0.25) is 4.21 Å². The third-order valence-electron chi connectivity index (χ3n) is 3.40. The highest BCUT2D eigenvalue weighted by atomic mass is 35.5. The molecule has 116 valence electrons. The highest BCUT2D eigenvalue weighted by Gasteiger charge is 2.20. The molecule has 0 N–H and O–H groups in total. The zero-order valence-corrected chi connectivity index (χ0v) is 13.5. The molecule has 0 aliphatic heterocycles. The van der Waals surface area contributed by atoms with Crippen molar-refractivity contribution in [1.29, 1.82) is 0 Å². The van der Waals surface area contributed by atoms with Crippen LogP contribution in [0.4, 0.5) is 8.78 Å². The molecule has 0 radical (unpaired) electrons. The van der Waals surface area contributed by atoms with Crippen LogP contribution in [-0.2, 0) is 17.2 Å². The Labute approximate surface area is 129 Å². The van der Waals surface area contributed by atoms with Gasteiger partial charge in [0, 0.05) is 41.2 Å². The molecule has 0 bridgehead atoms. The van der Waals surface area contributed by atoms with Gasteiger partial charge in [0.1, 0.15) is 11.3 Å². The lowest BCUT2D eigenvalue weighted by Crippen LogP contribution is -2.13. The van der Waals surface area contributed by atoms with Gasteiger partial charge in [-0.05, 0) is 25.5 Å². The number of hydrogen-bond acceptors (Lipinski definition) is 2. The first-order valence-corrected chi connectivity index (χ1v) is 8.92. The highest BCUT2D eigenvalue weighted by Crippen LogP contribution is 2.27. The molecular weight excluding hydrogens is 318 g/mol. The van der Waals surface area contributed by atoms with E-state index in [9.17, 15) is 13.0 Å². The fourth-order valence-electron chi connectivity index (χ4n) is 2.37. The summed E-state index contributed by atoms with van der Waals surface area (Å²) in [5, 5.41) is 0. The summed E-state index contributed by atoms with van der Waals surface area (Å²) in [7, 11) is -0.929. The summed E-state index contributed by atoms with van der Waals surface area (Å²) in [6, 6.07) is 2.41. The van der Waals surface area contributed by atoms with Gasteiger partial charge in [0.15, 0.2) is 11.6 Å². The van der Waals surface area contributed by atoms with Crippen LogP contribution in [0.15, 0.2) is 12.1 Å². The van der Waals surface area contributed by atoms with Crippen molar-refractivity contribution in [2.75, 3.05) is 17.9 Å². The Morgan fingerprint density at radius 2 is 2.14 bits per heavy atom. The molecule has 21 heavy (non-hydrogen) atoms. The quantitative estimate of drug-likeness (QED) is 0.759. The third kappa shape index (κ3) is 3.43. The summed E-state index contributed by atoms with van der Waals surface area (Å²) in [6.45, 7) is 1.88. The van der Waals surface area contributed by atoms with Gasteiger partial charge in [0.05, 0.1) is 5.52 Å². The molecule has 2 atom stereocenters. The SMILES string of the molecule is CC(CCS(C)=O)n1c(CCCl)nc2ccc(F)c(F)c21. The van der Waals surface area contributed by atoms with E-state index in [0.29, 0.717) is 35.8 Å². The zero-order valence-electron chi connectivity index (χ0n) is 11.9. The van der Waals surface area contributed by atoms with Crippen LogP contribution in [0.2, 0.25) is 0 Å². The number of imidazole rings is 1. The van der Waals surface area contributed by atoms with Crippen molar-refractivity contribution in [1.82, 2.24) is 9.55 Å². The molecule has 7 heteroatoms. The molecular formula is C14H17ClF2N2OS. The lowest BCUT2D eigenvalue weighted by molar-refractivity contribution is 0.490. The first-order chi connectivity index (χ1) is 9.95. The van der Waals surface area contributed by atoms with Gasteiger partial charge in [-0.15, -0.1) is 11.6 Å². The van der Waals surface area contributed by atoms with Crippen molar-refractivity contribution in [2.45, 2.75) is 25.8 Å². The normalized spacial score (nSPS) is 14.5. The number of aromatic nitrogens is 2. The average Bonchev–Trinajstić information content (AvgIpc) is 2.80. The van der Waals surface area contributed by atoms with Gasteiger partial charge >= 0.3 is 0 Å². The minimum Gasteiger partial charge on any atom is -0.323 e. The second-order valence-electron chi connectivity index (χ2n) is 4.98. The monoisotopic (exact) mass is 334 g/mol. The lowest BCUT2D eigenvalue weighted by atomic mass is 10.2. The third-order valence-corrected chi connectivity index (χ3v) is 4.40. The number of alkyl halides is 1. The first kappa shape index (κ1) is 16.4. The Morgan fingerprint density at radius 3 is 2.76 bits per heavy atom. The molecule has 0 spiro atoms. The summed E-state index contributed by atoms with van der Waals surface area (Å²) < 4.78 is 40.6. The van der Waals surface area contributed by atoms with Gasteiger partial charge in [0.2, 0.25) is 0 Å². The van der Waals surface area contributed by atoms with Crippen molar-refractivity contribution in [3.05, 3.63) is 29.6 Å². The smallest absolute Gasteiger partial charge is 0.184 e. The van der Waals surface area contributed by atoms with Crippen molar-refractivity contribution >= 4 is 33.4 Å². The van der Waals surface area contributed by atoms with Gasteiger partial charge in [-0.25, -0.2) is 13.8 Å². The van der Waals surface area contributed by atoms with E-state index < -0.39 is 22.4 Å². The van der Waals surface area contributed by atoms with Gasteiger partial charge in [0.25, 0.3) is 0 Å². The van der Waals surface area contributed by atoms with E-state index in [4.69, 9.17) is 11.6 Å². The molecule has 1 aromatic carbocycles. The van der Waals surface area contributed by atoms with Crippen molar-refractivity contribution in [3.8, 4) is 0 Å². The molecule has 2 unspecified atom stereocenters. The number of fused-ring (bicyclic) bond motifs is 1. The van der Waals surface area contributed by atoms with Crippen molar-refractivity contribution < 1.29 is 13.0 Å². The molecule has 3 nitrogen and oxygen atoms in total. The van der Waals surface area contributed by atoms with Crippen LogP contribution in [0, 0.1) is 11.6 Å². The number of halogens is 3. The van der Waals surface area contributed by atoms with E-state index in [1.54, 1.807) is 10.8 Å². The second kappa shape index (κ2) is 6.83. The van der Waals surface area contributed by atoms with E-state index in [-0.39, 0.29) is 11.6 Å². The van der Waals surface area contributed by atoms with Crippen molar-refractivity contribution in [2.24, 2.45) is 0 Å². The largest absolute Gasteiger partial charge is 0.323 e. The van der Waals surface area contributed by atoms with Crippen LogP contribution in [0.1, 0.15) is 25.2 Å². The fourth-order valence-corrected chi connectivity index (χ4v) is 3.21. The Hall–Kier alpha value is -1.01. The maximum Gasteiger partial charge on any atom is 0.184 e. The predicted octanol–water partition coefficient (Wildman–Crippen LogP) is 3.43. The van der Waals surface area contributed by atoms with Crippen LogP contribution in [0.25, 0.3) is 11.0 Å². The number of benzene rings is 1. The topological polar surface area (TPSA) is 34.9 Å². The van der Waals surface area contributed by atoms with E-state index in [1.165, 1.54) is 6.07 Å². The van der Waals surface area contributed by atoms with Crippen LogP contribution >= 0.6 is 11.6 Å². The highest BCUT2D eigenvalue weighted by molar-refractivity contribution is 7.84. The molecule has 0 aliphatic carbocycles. The number of hydrogen-bond donors (Lipinski definition) is 0. The maximum atomic E-state index is 14.1. The van der Waals surface area contributed by atoms with Gasteiger partial charge in [-0.1, -0.05) is 0 Å². The summed E-state index contributed by atoms with van der Waals surface area (Å²) in [5.41, 5.74) is 0.572. The molecule has 2 rings (SSSR count). The standard InChI is InChI=1S/C14H17ClF2N2OS/c1-9(6-8-21(2)20)19-12(5-7-15)18-11-4-3-10(16)13(17)14(11)19/h3-4,9H,5-8H2,1-2H3. The molecule has 0 amide bonds. The van der Waals surface area contributed by atoms with Crippen LogP contribution in [-0.4, -0.2) is 31.6 Å². The Morgan fingerprint density at radius 1 is 1.43 bits per heavy atom. The summed E-state index contributed by atoms with van der Waals surface area (Å²) in [6.07, 6.45) is 2.69. The van der Waals surface area contributed by atoms with Crippen molar-refractivity contribution in [3.63, 3.8) is 0 Å². The summed E-state index contributed by atoms with van der Waals surface area (Å²) in [5.74, 6) is -0.325. The Bertz CT molecular complexity index is 675. The minimum atomic E-state index is -0.929. The Balaban J connectivity index is 2.54. The fraction of sp³-hybridized carbons (Fsp3) is 0.500. The first-order valence-electron chi connectivity index (χ1n) is 6.66. The molecule has 0 fully saturated rings. The molecule has 0 saturated carbocycles. The van der Waals surface area contributed by atoms with E-state index in [0.717, 1.165) is 6.07 Å².